The van der Waals surface area contributed by atoms with Crippen LogP contribution in [0.3, 0.4) is 0 Å². The molecule has 0 amide bonds. The van der Waals surface area contributed by atoms with Gasteiger partial charge in [-0.15, -0.1) is 0 Å². The molecular formula is C15H22O2S. The highest BCUT2D eigenvalue weighted by Gasteiger charge is 2.15. The summed E-state index contributed by atoms with van der Waals surface area (Å²) in [6.45, 7) is 7.98. The van der Waals surface area contributed by atoms with Crippen LogP contribution in [0.1, 0.15) is 46.8 Å². The van der Waals surface area contributed by atoms with E-state index in [4.69, 9.17) is 0 Å². The molecule has 0 radical (unpaired) electrons. The molecule has 0 saturated heterocycles. The van der Waals surface area contributed by atoms with Crippen LogP contribution < -0.4 is 0 Å². The van der Waals surface area contributed by atoms with E-state index in [1.165, 1.54) is 0 Å². The van der Waals surface area contributed by atoms with Crippen LogP contribution >= 0.6 is 0 Å². The van der Waals surface area contributed by atoms with E-state index in [0.29, 0.717) is 5.75 Å². The molecule has 0 aliphatic carbocycles. The van der Waals surface area contributed by atoms with Gasteiger partial charge >= 0.3 is 0 Å². The van der Waals surface area contributed by atoms with Crippen LogP contribution in [-0.4, -0.2) is 21.5 Å². The first-order valence-electron chi connectivity index (χ1n) is 6.41. The first-order chi connectivity index (χ1) is 8.45. The van der Waals surface area contributed by atoms with Gasteiger partial charge in [-0.1, -0.05) is 31.0 Å². The van der Waals surface area contributed by atoms with Crippen molar-refractivity contribution in [3.05, 3.63) is 34.4 Å². The van der Waals surface area contributed by atoms with E-state index in [1.54, 1.807) is 0 Å². The molecule has 3 heteroatoms. The van der Waals surface area contributed by atoms with Crippen molar-refractivity contribution in [1.29, 1.82) is 0 Å². The van der Waals surface area contributed by atoms with Crippen LogP contribution in [0.25, 0.3) is 0 Å². The highest BCUT2D eigenvalue weighted by Crippen LogP contribution is 2.17. The second-order valence-electron chi connectivity index (χ2n) is 4.84. The molecule has 0 spiro atoms. The van der Waals surface area contributed by atoms with Gasteiger partial charge in [0.2, 0.25) is 0 Å². The van der Waals surface area contributed by atoms with Gasteiger partial charge in [0.25, 0.3) is 0 Å². The van der Waals surface area contributed by atoms with E-state index < -0.39 is 10.8 Å². The predicted octanol–water partition coefficient (Wildman–Crippen LogP) is 3.34. The Kier molecular flexibility index (Phi) is 5.73. The number of hydrogen-bond acceptors (Lipinski definition) is 2. The quantitative estimate of drug-likeness (QED) is 0.740. The summed E-state index contributed by atoms with van der Waals surface area (Å²) in [5.74, 6) is 0.802. The van der Waals surface area contributed by atoms with E-state index in [-0.39, 0.29) is 11.5 Å². The van der Waals surface area contributed by atoms with Crippen molar-refractivity contribution in [2.24, 2.45) is 0 Å². The first-order valence-corrected chi connectivity index (χ1v) is 7.90. The number of ketones is 1. The van der Waals surface area contributed by atoms with Gasteiger partial charge in [-0.3, -0.25) is 9.00 Å². The second kappa shape index (κ2) is 6.83. The molecule has 1 aromatic rings. The highest BCUT2D eigenvalue weighted by molar-refractivity contribution is 7.85. The minimum Gasteiger partial charge on any atom is -0.293 e. The van der Waals surface area contributed by atoms with Gasteiger partial charge in [0.15, 0.2) is 5.78 Å². The number of Topliss-reactive ketones (excluding diaryl/α,β-unsaturated/α-hetero) is 1. The van der Waals surface area contributed by atoms with Crippen LogP contribution in [0.2, 0.25) is 0 Å². The number of unbranched alkanes of at least 4 members (excludes halogenated alkanes) is 1. The van der Waals surface area contributed by atoms with Crippen molar-refractivity contribution in [1.82, 2.24) is 0 Å². The summed E-state index contributed by atoms with van der Waals surface area (Å²) < 4.78 is 11.8. The first kappa shape index (κ1) is 15.1. The molecule has 0 N–H and O–H groups in total. The van der Waals surface area contributed by atoms with E-state index in [2.05, 4.69) is 6.92 Å². The van der Waals surface area contributed by atoms with Crippen molar-refractivity contribution in [3.63, 3.8) is 0 Å². The van der Waals surface area contributed by atoms with Gasteiger partial charge in [0.05, 0.1) is 5.75 Å². The summed E-state index contributed by atoms with van der Waals surface area (Å²) in [7, 11) is -1.02. The molecule has 0 heterocycles. The minimum atomic E-state index is -1.02. The Bertz CT molecular complexity index is 441. The van der Waals surface area contributed by atoms with Crippen LogP contribution in [0, 0.1) is 20.8 Å². The molecule has 2 nitrogen and oxygen atoms in total. The predicted molar refractivity (Wildman–Crippen MR) is 77.8 cm³/mol. The molecule has 18 heavy (non-hydrogen) atoms. The van der Waals surface area contributed by atoms with E-state index >= 15 is 0 Å². The maximum atomic E-state index is 12.2. The van der Waals surface area contributed by atoms with Crippen molar-refractivity contribution in [3.8, 4) is 0 Å². The molecule has 1 unspecified atom stereocenters. The number of hydrogen-bond donors (Lipinski definition) is 0. The molecule has 1 atom stereocenters. The average Bonchev–Trinajstić information content (AvgIpc) is 2.24. The van der Waals surface area contributed by atoms with Crippen LogP contribution in [0.5, 0.6) is 0 Å². The molecule has 0 aliphatic heterocycles. The minimum absolute atomic E-state index is 0.0134. The molecule has 100 valence electrons. The molecule has 0 saturated carbocycles. The fourth-order valence-corrected chi connectivity index (χ4v) is 3.41. The molecule has 1 rings (SSSR count). The Hall–Kier alpha value is -0.960. The molecule has 1 aromatic carbocycles. The summed E-state index contributed by atoms with van der Waals surface area (Å²) in [6, 6.07) is 4.02. The molecule has 0 fully saturated rings. The third kappa shape index (κ3) is 4.05. The summed E-state index contributed by atoms with van der Waals surface area (Å²) in [5.41, 5.74) is 3.90. The number of carbonyl (C=O) groups excluding carboxylic acids is 1. The van der Waals surface area contributed by atoms with Crippen LogP contribution in [-0.2, 0) is 10.8 Å². The van der Waals surface area contributed by atoms with E-state index in [1.807, 2.05) is 32.9 Å². The lowest BCUT2D eigenvalue weighted by molar-refractivity contribution is 0.102. The smallest absolute Gasteiger partial charge is 0.175 e. The van der Waals surface area contributed by atoms with E-state index in [9.17, 15) is 9.00 Å². The average molecular weight is 266 g/mol. The zero-order chi connectivity index (χ0) is 13.7. The Morgan fingerprint density at radius 3 is 2.22 bits per heavy atom. The monoisotopic (exact) mass is 266 g/mol. The topological polar surface area (TPSA) is 34.1 Å². The van der Waals surface area contributed by atoms with Gasteiger partial charge in [0, 0.05) is 22.1 Å². The van der Waals surface area contributed by atoms with Crippen LogP contribution in [0.15, 0.2) is 12.1 Å². The van der Waals surface area contributed by atoms with Gasteiger partial charge in [-0.05, 0) is 38.3 Å². The number of carbonyl (C=O) groups is 1. The third-order valence-corrected chi connectivity index (χ3v) is 4.30. The Labute approximate surface area is 112 Å². The Morgan fingerprint density at radius 2 is 1.72 bits per heavy atom. The largest absolute Gasteiger partial charge is 0.293 e. The fourth-order valence-electron chi connectivity index (χ4n) is 2.22. The van der Waals surface area contributed by atoms with Gasteiger partial charge in [0.1, 0.15) is 0 Å². The number of rotatable bonds is 6. The molecule has 0 aliphatic rings. The second-order valence-corrected chi connectivity index (χ2v) is 6.42. The Morgan fingerprint density at radius 1 is 1.17 bits per heavy atom. The summed E-state index contributed by atoms with van der Waals surface area (Å²) in [6.07, 6.45) is 1.94. The zero-order valence-electron chi connectivity index (χ0n) is 11.7. The highest BCUT2D eigenvalue weighted by atomic mass is 32.2. The van der Waals surface area contributed by atoms with Crippen molar-refractivity contribution in [2.75, 3.05) is 11.5 Å². The summed E-state index contributed by atoms with van der Waals surface area (Å²) >= 11 is 0. The Balaban J connectivity index is 2.82. The van der Waals surface area contributed by atoms with Crippen molar-refractivity contribution in [2.45, 2.75) is 40.5 Å². The maximum Gasteiger partial charge on any atom is 0.175 e. The number of benzene rings is 1. The SMILES string of the molecule is CCCCS(=O)CC(=O)c1c(C)cc(C)cc1C. The fraction of sp³-hybridized carbons (Fsp3) is 0.533. The lowest BCUT2D eigenvalue weighted by atomic mass is 9.97. The molecule has 0 aromatic heterocycles. The number of aryl methyl sites for hydroxylation is 3. The third-order valence-electron chi connectivity index (χ3n) is 2.97. The van der Waals surface area contributed by atoms with Crippen LogP contribution in [0.4, 0.5) is 0 Å². The molecular weight excluding hydrogens is 244 g/mol. The maximum absolute atomic E-state index is 12.2. The van der Waals surface area contributed by atoms with E-state index in [0.717, 1.165) is 35.1 Å². The lowest BCUT2D eigenvalue weighted by Gasteiger charge is -2.10. The lowest BCUT2D eigenvalue weighted by Crippen LogP contribution is -2.15. The molecule has 0 bridgehead atoms. The van der Waals surface area contributed by atoms with Gasteiger partial charge < -0.3 is 0 Å². The van der Waals surface area contributed by atoms with Gasteiger partial charge in [-0.2, -0.15) is 0 Å². The normalized spacial score (nSPS) is 12.4. The zero-order valence-corrected chi connectivity index (χ0v) is 12.5. The summed E-state index contributed by atoms with van der Waals surface area (Å²) in [5, 5.41) is 0. The standard InChI is InChI=1S/C15H22O2S/c1-5-6-7-18(17)10-14(16)15-12(3)8-11(2)9-13(15)4/h8-9H,5-7,10H2,1-4H3. The summed E-state index contributed by atoms with van der Waals surface area (Å²) in [4.78, 5) is 12.2. The van der Waals surface area contributed by atoms with Crippen molar-refractivity contribution >= 4 is 16.6 Å². The van der Waals surface area contributed by atoms with Gasteiger partial charge in [-0.25, -0.2) is 0 Å². The van der Waals surface area contributed by atoms with Crippen molar-refractivity contribution < 1.29 is 9.00 Å².